The summed E-state index contributed by atoms with van der Waals surface area (Å²) in [4.78, 5) is 22.9. The molecule has 2 rings (SSSR count). The molecule has 0 fully saturated rings. The van der Waals surface area contributed by atoms with Gasteiger partial charge >= 0.3 is 12.0 Å². The van der Waals surface area contributed by atoms with Crippen molar-refractivity contribution < 1.29 is 23.1 Å². The van der Waals surface area contributed by atoms with Crippen LogP contribution in [0.4, 0.5) is 10.5 Å². The van der Waals surface area contributed by atoms with E-state index in [-0.39, 0.29) is 17.0 Å². The summed E-state index contributed by atoms with van der Waals surface area (Å²) in [5.74, 6) is -1.38. The average Bonchev–Trinajstić information content (AvgIpc) is 2.67. The molecule has 0 radical (unpaired) electrons. The van der Waals surface area contributed by atoms with E-state index in [1.807, 2.05) is 0 Å². The molecule has 1 aromatic carbocycles. The Hall–Kier alpha value is -1.87. The first kappa shape index (κ1) is 15.5. The fourth-order valence-corrected chi connectivity index (χ4v) is 3.40. The maximum absolute atomic E-state index is 11.8. The quantitative estimate of drug-likeness (QED) is 0.743. The lowest BCUT2D eigenvalue weighted by Gasteiger charge is -2.13. The van der Waals surface area contributed by atoms with Crippen molar-refractivity contribution in [2.75, 3.05) is 11.1 Å². The Bertz CT molecular complexity index is 729. The molecule has 0 saturated carbocycles. The van der Waals surface area contributed by atoms with Gasteiger partial charge in [-0.05, 0) is 24.3 Å². The Labute approximate surface area is 129 Å². The molecule has 1 heterocycles. The summed E-state index contributed by atoms with van der Waals surface area (Å²) in [5, 5.41) is 14.9. The van der Waals surface area contributed by atoms with Gasteiger partial charge in [-0.1, -0.05) is 15.9 Å². The minimum absolute atomic E-state index is 0.0667. The number of amides is 2. The smallest absolute Gasteiger partial charge is 0.337 e. The van der Waals surface area contributed by atoms with Crippen molar-refractivity contribution in [1.29, 1.82) is 0 Å². The van der Waals surface area contributed by atoms with Gasteiger partial charge in [0, 0.05) is 9.88 Å². The number of hydrogen-bond donors (Lipinski definition) is 3. The van der Waals surface area contributed by atoms with Gasteiger partial charge in [-0.25, -0.2) is 18.0 Å². The van der Waals surface area contributed by atoms with Crippen molar-refractivity contribution in [2.45, 2.75) is 6.04 Å². The molecule has 1 unspecified atom stereocenters. The third-order valence-electron chi connectivity index (χ3n) is 2.71. The Balaban J connectivity index is 2.08. The molecule has 1 atom stereocenters. The predicted octanol–water partition coefficient (Wildman–Crippen LogP) is 1.58. The van der Waals surface area contributed by atoms with Crippen LogP contribution >= 0.6 is 15.9 Å². The molecule has 2 amide bonds. The highest BCUT2D eigenvalue weighted by molar-refractivity contribution is 9.10. The minimum Gasteiger partial charge on any atom is -0.478 e. The molecule has 1 aliphatic rings. The van der Waals surface area contributed by atoms with E-state index in [1.54, 1.807) is 6.07 Å². The van der Waals surface area contributed by atoms with E-state index in [1.165, 1.54) is 18.2 Å². The lowest BCUT2D eigenvalue weighted by molar-refractivity contribution is 0.0698. The topological polar surface area (TPSA) is 113 Å². The Morgan fingerprint density at radius 1 is 1.33 bits per heavy atom. The minimum atomic E-state index is -3.27. The van der Waals surface area contributed by atoms with Gasteiger partial charge in [0.25, 0.3) is 0 Å². The Morgan fingerprint density at radius 2 is 2.05 bits per heavy atom. The van der Waals surface area contributed by atoms with Crippen LogP contribution in [0.5, 0.6) is 0 Å². The summed E-state index contributed by atoms with van der Waals surface area (Å²) >= 11 is 3.18. The lowest BCUT2D eigenvalue weighted by atomic mass is 10.2. The largest absolute Gasteiger partial charge is 0.478 e. The number of halogens is 1. The van der Waals surface area contributed by atoms with Crippen molar-refractivity contribution in [3.8, 4) is 0 Å². The lowest BCUT2D eigenvalue weighted by Crippen LogP contribution is -2.38. The van der Waals surface area contributed by atoms with E-state index in [2.05, 4.69) is 26.6 Å². The molecule has 112 valence electrons. The zero-order valence-electron chi connectivity index (χ0n) is 10.5. The summed E-state index contributed by atoms with van der Waals surface area (Å²) in [5.41, 5.74) is 0.0437. The Morgan fingerprint density at radius 3 is 2.62 bits per heavy atom. The number of rotatable bonds is 3. The van der Waals surface area contributed by atoms with Crippen molar-refractivity contribution in [3.63, 3.8) is 0 Å². The number of sulfone groups is 1. The molecular formula is C12H11BrN2O5S. The molecule has 0 bridgehead atoms. The molecular weight excluding hydrogens is 364 g/mol. The molecule has 0 aliphatic carbocycles. The molecule has 1 aromatic rings. The van der Waals surface area contributed by atoms with E-state index in [0.29, 0.717) is 4.47 Å². The fourth-order valence-electron chi connectivity index (χ4n) is 1.80. The summed E-state index contributed by atoms with van der Waals surface area (Å²) in [6.07, 6.45) is 1.37. The van der Waals surface area contributed by atoms with Crippen LogP contribution in [0.25, 0.3) is 0 Å². The van der Waals surface area contributed by atoms with Gasteiger partial charge in [-0.2, -0.15) is 0 Å². The second-order valence-corrected chi connectivity index (χ2v) is 7.20. The van der Waals surface area contributed by atoms with E-state index in [0.717, 1.165) is 5.41 Å². The molecule has 9 heteroatoms. The summed E-state index contributed by atoms with van der Waals surface area (Å²) in [6.45, 7) is 0. The Kier molecular flexibility index (Phi) is 4.33. The molecule has 7 nitrogen and oxygen atoms in total. The second kappa shape index (κ2) is 5.86. The maximum Gasteiger partial charge on any atom is 0.337 e. The van der Waals surface area contributed by atoms with Gasteiger partial charge in [0.2, 0.25) is 0 Å². The number of hydrogen-bond acceptors (Lipinski definition) is 4. The van der Waals surface area contributed by atoms with Gasteiger partial charge in [-0.15, -0.1) is 0 Å². The predicted molar refractivity (Wildman–Crippen MR) is 80.0 cm³/mol. The van der Waals surface area contributed by atoms with Gasteiger partial charge < -0.3 is 15.7 Å². The average molecular weight is 375 g/mol. The van der Waals surface area contributed by atoms with E-state index >= 15 is 0 Å². The SMILES string of the molecule is O=C(Nc1cc(Br)ccc1C(=O)O)NC1C=CS(=O)(=O)C1. The number of carboxylic acids is 1. The fraction of sp³-hybridized carbons (Fsp3) is 0.167. The van der Waals surface area contributed by atoms with Gasteiger partial charge in [0.1, 0.15) is 0 Å². The van der Waals surface area contributed by atoms with Crippen molar-refractivity contribution >= 4 is 43.5 Å². The monoisotopic (exact) mass is 374 g/mol. The molecule has 0 saturated heterocycles. The van der Waals surface area contributed by atoms with Crippen LogP contribution in [0.1, 0.15) is 10.4 Å². The normalized spacial score (nSPS) is 19.2. The van der Waals surface area contributed by atoms with Crippen molar-refractivity contribution in [2.24, 2.45) is 0 Å². The van der Waals surface area contributed by atoms with Crippen LogP contribution in [0.3, 0.4) is 0 Å². The number of carboxylic acid groups (broad SMARTS) is 1. The van der Waals surface area contributed by atoms with Crippen LogP contribution in [-0.2, 0) is 9.84 Å². The second-order valence-electron chi connectivity index (χ2n) is 4.36. The van der Waals surface area contributed by atoms with Crippen molar-refractivity contribution in [3.05, 3.63) is 39.7 Å². The van der Waals surface area contributed by atoms with Gasteiger partial charge in [0.05, 0.1) is 23.0 Å². The van der Waals surface area contributed by atoms with E-state index < -0.39 is 27.9 Å². The van der Waals surface area contributed by atoms with E-state index in [9.17, 15) is 18.0 Å². The van der Waals surface area contributed by atoms with Crippen molar-refractivity contribution in [1.82, 2.24) is 5.32 Å². The number of carbonyl (C=O) groups is 2. The molecule has 21 heavy (non-hydrogen) atoms. The maximum atomic E-state index is 11.8. The molecule has 0 spiro atoms. The molecule has 0 aromatic heterocycles. The summed E-state index contributed by atoms with van der Waals surface area (Å²) in [6, 6.07) is 3.03. The van der Waals surface area contributed by atoms with Crippen LogP contribution in [0.15, 0.2) is 34.2 Å². The van der Waals surface area contributed by atoms with Crippen LogP contribution in [0, 0.1) is 0 Å². The summed E-state index contributed by atoms with van der Waals surface area (Å²) < 4.78 is 23.1. The van der Waals surface area contributed by atoms with Crippen LogP contribution in [-0.4, -0.2) is 37.3 Å². The van der Waals surface area contributed by atoms with Crippen LogP contribution < -0.4 is 10.6 Å². The number of aromatic carboxylic acids is 1. The van der Waals surface area contributed by atoms with Gasteiger partial charge in [0.15, 0.2) is 9.84 Å². The third kappa shape index (κ3) is 4.05. The van der Waals surface area contributed by atoms with Gasteiger partial charge in [-0.3, -0.25) is 0 Å². The highest BCUT2D eigenvalue weighted by atomic mass is 79.9. The zero-order valence-corrected chi connectivity index (χ0v) is 12.9. The highest BCUT2D eigenvalue weighted by Crippen LogP contribution is 2.21. The first-order chi connectivity index (χ1) is 9.77. The standard InChI is InChI=1S/C12H11BrN2O5S/c13-7-1-2-9(11(16)17)10(5-7)15-12(18)14-8-3-4-21(19,20)6-8/h1-5,8H,6H2,(H,16,17)(H2,14,15,18). The first-order valence-electron chi connectivity index (χ1n) is 5.78. The summed E-state index contributed by atoms with van der Waals surface area (Å²) in [7, 11) is -3.27. The zero-order chi connectivity index (χ0) is 15.6. The number of benzene rings is 1. The number of nitrogens with one attached hydrogen (secondary N) is 2. The van der Waals surface area contributed by atoms with E-state index in [4.69, 9.17) is 5.11 Å². The first-order valence-corrected chi connectivity index (χ1v) is 8.29. The number of anilines is 1. The number of urea groups is 1. The molecule has 3 N–H and O–H groups in total. The number of carbonyl (C=O) groups excluding carboxylic acids is 1. The molecule has 1 aliphatic heterocycles. The highest BCUT2D eigenvalue weighted by Gasteiger charge is 2.23. The third-order valence-corrected chi connectivity index (χ3v) is 4.60. The van der Waals surface area contributed by atoms with Crippen LogP contribution in [0.2, 0.25) is 0 Å².